The molecule has 140 valence electrons. The second kappa shape index (κ2) is 7.84. The Bertz CT molecular complexity index is 1020. The van der Waals surface area contributed by atoms with Crippen molar-refractivity contribution in [2.24, 2.45) is 0 Å². The fourth-order valence-electron chi connectivity index (χ4n) is 3.14. The van der Waals surface area contributed by atoms with Gasteiger partial charge in [0, 0.05) is 17.1 Å². The molecule has 0 unspecified atom stereocenters. The first-order chi connectivity index (χ1) is 12.9. The molecule has 0 saturated heterocycles. The van der Waals surface area contributed by atoms with Gasteiger partial charge in [0.2, 0.25) is 5.91 Å². The molecule has 0 aliphatic carbocycles. The molecule has 2 aromatic carbocycles. The second-order valence-electron chi connectivity index (χ2n) is 6.23. The maximum absolute atomic E-state index is 12.7. The molecule has 1 heterocycles. The van der Waals surface area contributed by atoms with Gasteiger partial charge >= 0.3 is 0 Å². The number of hydrogen-bond acceptors (Lipinski definition) is 4. The minimum atomic E-state index is -0.169. The van der Waals surface area contributed by atoms with Gasteiger partial charge in [0.15, 0.2) is 0 Å². The minimum absolute atomic E-state index is 0.169. The van der Waals surface area contributed by atoms with E-state index in [2.05, 4.69) is 10.3 Å². The number of anilines is 1. The maximum atomic E-state index is 12.7. The predicted octanol–water partition coefficient (Wildman–Crippen LogP) is 4.70. The first-order valence-corrected chi connectivity index (χ1v) is 8.88. The number of ether oxygens (including phenoxy) is 2. The average molecular weight is 385 g/mol. The first kappa shape index (κ1) is 19.0. The normalized spacial score (nSPS) is 10.7. The molecule has 0 fully saturated rings. The van der Waals surface area contributed by atoms with Crippen LogP contribution < -0.4 is 14.8 Å². The molecule has 1 aromatic heterocycles. The molecule has 27 heavy (non-hydrogen) atoms. The van der Waals surface area contributed by atoms with E-state index in [1.165, 1.54) is 14.2 Å². The second-order valence-corrected chi connectivity index (χ2v) is 6.64. The van der Waals surface area contributed by atoms with Crippen LogP contribution in [0.15, 0.2) is 36.4 Å². The van der Waals surface area contributed by atoms with Crippen molar-refractivity contribution in [3.05, 3.63) is 58.2 Å². The first-order valence-electron chi connectivity index (χ1n) is 8.50. The molecule has 0 aliphatic rings. The van der Waals surface area contributed by atoms with Gasteiger partial charge in [-0.2, -0.15) is 0 Å². The Morgan fingerprint density at radius 1 is 1.11 bits per heavy atom. The summed E-state index contributed by atoms with van der Waals surface area (Å²) in [6.45, 7) is 3.94. The zero-order valence-electron chi connectivity index (χ0n) is 15.7. The number of para-hydroxylation sites is 1. The maximum Gasteiger partial charge on any atom is 0.228 e. The molecule has 3 aromatic rings. The zero-order chi connectivity index (χ0) is 19.6. The number of methoxy groups -OCH3 is 2. The molecule has 0 radical (unpaired) electrons. The number of nitrogens with one attached hydrogen (secondary N) is 1. The van der Waals surface area contributed by atoms with Crippen LogP contribution in [-0.4, -0.2) is 25.1 Å². The fraction of sp³-hybridized carbons (Fsp3) is 0.238. The van der Waals surface area contributed by atoms with Gasteiger partial charge in [-0.05, 0) is 37.1 Å². The summed E-state index contributed by atoms with van der Waals surface area (Å²) in [5, 5.41) is 4.32. The summed E-state index contributed by atoms with van der Waals surface area (Å²) in [6.07, 6.45) is 0.211. The Balaban J connectivity index is 1.89. The highest BCUT2D eigenvalue weighted by atomic mass is 35.5. The highest BCUT2D eigenvalue weighted by Gasteiger charge is 2.16. The van der Waals surface area contributed by atoms with E-state index in [1.807, 2.05) is 38.1 Å². The van der Waals surface area contributed by atoms with E-state index >= 15 is 0 Å². The van der Waals surface area contributed by atoms with Crippen molar-refractivity contribution in [3.8, 4) is 11.5 Å². The summed E-state index contributed by atoms with van der Waals surface area (Å²) < 4.78 is 10.5. The molecule has 0 atom stereocenters. The number of aromatic nitrogens is 1. The highest BCUT2D eigenvalue weighted by molar-refractivity contribution is 6.32. The molecule has 0 spiro atoms. The topological polar surface area (TPSA) is 60.5 Å². The number of aryl methyl sites for hydroxylation is 2. The smallest absolute Gasteiger partial charge is 0.228 e. The molecule has 5 nitrogen and oxygen atoms in total. The van der Waals surface area contributed by atoms with Gasteiger partial charge in [0.25, 0.3) is 0 Å². The highest BCUT2D eigenvalue weighted by Crippen LogP contribution is 2.36. The summed E-state index contributed by atoms with van der Waals surface area (Å²) in [4.78, 5) is 17.3. The van der Waals surface area contributed by atoms with E-state index in [0.29, 0.717) is 22.2 Å². The van der Waals surface area contributed by atoms with E-state index in [0.717, 1.165) is 27.7 Å². The Hall–Kier alpha value is -2.79. The van der Waals surface area contributed by atoms with Crippen molar-refractivity contribution in [2.45, 2.75) is 20.3 Å². The van der Waals surface area contributed by atoms with Gasteiger partial charge in [-0.3, -0.25) is 9.78 Å². The van der Waals surface area contributed by atoms with Crippen molar-refractivity contribution in [2.75, 3.05) is 19.5 Å². The van der Waals surface area contributed by atoms with Crippen LogP contribution in [0.5, 0.6) is 11.5 Å². The van der Waals surface area contributed by atoms with Crippen LogP contribution in [0.2, 0.25) is 5.02 Å². The molecule has 1 amide bonds. The summed E-state index contributed by atoms with van der Waals surface area (Å²) in [6, 6.07) is 11.2. The largest absolute Gasteiger partial charge is 0.495 e. The van der Waals surface area contributed by atoms with E-state index in [1.54, 1.807) is 12.1 Å². The number of pyridine rings is 1. The van der Waals surface area contributed by atoms with Crippen LogP contribution in [0.1, 0.15) is 16.8 Å². The fourth-order valence-corrected chi connectivity index (χ4v) is 3.38. The van der Waals surface area contributed by atoms with Crippen molar-refractivity contribution in [3.63, 3.8) is 0 Å². The SMILES string of the molecule is COc1cc(OC)c(NC(=O)Cc2c(C)nc3ccccc3c2C)cc1Cl. The van der Waals surface area contributed by atoms with Crippen LogP contribution in [0.25, 0.3) is 10.9 Å². The lowest BCUT2D eigenvalue weighted by molar-refractivity contribution is -0.115. The van der Waals surface area contributed by atoms with E-state index in [9.17, 15) is 4.79 Å². The monoisotopic (exact) mass is 384 g/mol. The number of halogens is 1. The van der Waals surface area contributed by atoms with Gasteiger partial charge in [0.1, 0.15) is 11.5 Å². The van der Waals surface area contributed by atoms with E-state index in [4.69, 9.17) is 21.1 Å². The van der Waals surface area contributed by atoms with Gasteiger partial charge in [0.05, 0.1) is 36.9 Å². The third-order valence-corrected chi connectivity index (χ3v) is 4.87. The van der Waals surface area contributed by atoms with E-state index < -0.39 is 0 Å². The lowest BCUT2D eigenvalue weighted by Gasteiger charge is -2.15. The van der Waals surface area contributed by atoms with Gasteiger partial charge in [-0.25, -0.2) is 0 Å². The number of nitrogens with zero attached hydrogens (tertiary/aromatic N) is 1. The van der Waals surface area contributed by atoms with Crippen molar-refractivity contribution >= 4 is 34.1 Å². The summed E-state index contributed by atoms with van der Waals surface area (Å²) in [7, 11) is 3.05. The number of hydrogen-bond donors (Lipinski definition) is 1. The summed E-state index contributed by atoms with van der Waals surface area (Å²) in [5.74, 6) is 0.796. The molecule has 0 saturated carbocycles. The number of benzene rings is 2. The van der Waals surface area contributed by atoms with Crippen LogP contribution in [0, 0.1) is 13.8 Å². The lowest BCUT2D eigenvalue weighted by Crippen LogP contribution is -2.17. The standard InChI is InChI=1S/C21H21ClN2O3/c1-12-14-7-5-6-8-17(14)23-13(2)15(12)9-21(25)24-18-10-16(22)19(26-3)11-20(18)27-4/h5-8,10-11H,9H2,1-4H3,(H,24,25). The average Bonchev–Trinajstić information content (AvgIpc) is 2.65. The lowest BCUT2D eigenvalue weighted by atomic mass is 9.99. The number of amides is 1. The molecular weight excluding hydrogens is 364 g/mol. The van der Waals surface area contributed by atoms with E-state index in [-0.39, 0.29) is 12.3 Å². The Labute approximate surface area is 163 Å². The molecule has 0 aliphatic heterocycles. The molecule has 1 N–H and O–H groups in total. The van der Waals surface area contributed by atoms with Gasteiger partial charge in [-0.1, -0.05) is 29.8 Å². The van der Waals surface area contributed by atoms with Crippen LogP contribution in [-0.2, 0) is 11.2 Å². The van der Waals surface area contributed by atoms with Crippen molar-refractivity contribution in [1.82, 2.24) is 4.98 Å². The quantitative estimate of drug-likeness (QED) is 0.692. The van der Waals surface area contributed by atoms with Crippen molar-refractivity contribution < 1.29 is 14.3 Å². The van der Waals surface area contributed by atoms with Crippen molar-refractivity contribution in [1.29, 1.82) is 0 Å². The van der Waals surface area contributed by atoms with Gasteiger partial charge < -0.3 is 14.8 Å². The molecule has 3 rings (SSSR count). The number of carbonyl (C=O) groups is 1. The minimum Gasteiger partial charge on any atom is -0.495 e. The molecular formula is C21H21ClN2O3. The summed E-state index contributed by atoms with van der Waals surface area (Å²) in [5.41, 5.74) is 4.26. The van der Waals surface area contributed by atoms with Crippen LogP contribution in [0.3, 0.4) is 0 Å². The number of rotatable bonds is 5. The predicted molar refractivity (Wildman–Crippen MR) is 108 cm³/mol. The van der Waals surface area contributed by atoms with Gasteiger partial charge in [-0.15, -0.1) is 0 Å². The Morgan fingerprint density at radius 3 is 2.52 bits per heavy atom. The zero-order valence-corrected chi connectivity index (χ0v) is 16.5. The Kier molecular flexibility index (Phi) is 5.51. The Morgan fingerprint density at radius 2 is 1.81 bits per heavy atom. The third-order valence-electron chi connectivity index (χ3n) is 4.57. The number of carbonyl (C=O) groups excluding carboxylic acids is 1. The summed E-state index contributed by atoms with van der Waals surface area (Å²) >= 11 is 6.18. The number of fused-ring (bicyclic) bond motifs is 1. The third kappa shape index (κ3) is 3.83. The molecule has 6 heteroatoms. The van der Waals surface area contributed by atoms with Crippen LogP contribution in [0.4, 0.5) is 5.69 Å². The van der Waals surface area contributed by atoms with Crippen LogP contribution >= 0.6 is 11.6 Å². The molecule has 0 bridgehead atoms.